The van der Waals surface area contributed by atoms with Gasteiger partial charge in [0.25, 0.3) is 5.91 Å². The van der Waals surface area contributed by atoms with Crippen LogP contribution < -0.4 is 10.2 Å². The van der Waals surface area contributed by atoms with Crippen LogP contribution in [0, 0.1) is 0 Å². The molecule has 0 aliphatic heterocycles. The number of nitrogens with one attached hydrogen (secondary N) is 2. The van der Waals surface area contributed by atoms with Crippen LogP contribution in [0.4, 0.5) is 0 Å². The topological polar surface area (TPSA) is 84.3 Å². The predicted octanol–water partition coefficient (Wildman–Crippen LogP) is 3.70. The first-order valence-electron chi connectivity index (χ1n) is 9.45. The smallest absolute Gasteiger partial charge is 0.287 e. The van der Waals surface area contributed by atoms with Gasteiger partial charge in [-0.1, -0.05) is 42.5 Å². The van der Waals surface area contributed by atoms with E-state index in [1.807, 2.05) is 53.3 Å². The monoisotopic (exact) mass is 399 g/mol. The van der Waals surface area contributed by atoms with Gasteiger partial charge < -0.3 is 9.72 Å². The number of ether oxygens (including phenoxy) is 1. The maximum absolute atomic E-state index is 12.1. The zero-order valence-electron chi connectivity index (χ0n) is 16.4. The fourth-order valence-electron chi connectivity index (χ4n) is 3.07. The molecule has 0 atom stereocenters. The van der Waals surface area contributed by atoms with Crippen molar-refractivity contribution in [3.05, 3.63) is 95.9 Å². The minimum Gasteiger partial charge on any atom is -0.497 e. The molecule has 2 aromatic heterocycles. The van der Waals surface area contributed by atoms with Gasteiger partial charge in [0, 0.05) is 23.5 Å². The number of methoxy groups -OCH3 is 1. The van der Waals surface area contributed by atoms with Gasteiger partial charge in [0.1, 0.15) is 17.1 Å². The summed E-state index contributed by atoms with van der Waals surface area (Å²) in [6.07, 6.45) is 5.20. The number of H-pyrrole nitrogens is 1. The molecule has 4 rings (SSSR count). The van der Waals surface area contributed by atoms with Crippen molar-refractivity contribution in [2.24, 2.45) is 5.10 Å². The lowest BCUT2D eigenvalue weighted by Gasteiger charge is -2.03. The number of hydrazone groups is 1. The summed E-state index contributed by atoms with van der Waals surface area (Å²) in [4.78, 5) is 14.9. The van der Waals surface area contributed by atoms with Gasteiger partial charge in [-0.25, -0.2) is 5.43 Å². The van der Waals surface area contributed by atoms with Crippen LogP contribution in [0.1, 0.15) is 21.6 Å². The third kappa shape index (κ3) is 4.47. The van der Waals surface area contributed by atoms with Crippen molar-refractivity contribution >= 4 is 12.1 Å². The van der Waals surface area contributed by atoms with Gasteiger partial charge in [0.2, 0.25) is 0 Å². The molecule has 0 radical (unpaired) electrons. The van der Waals surface area contributed by atoms with Crippen LogP contribution in [0.2, 0.25) is 0 Å². The number of nitrogens with zero attached hydrogens (tertiary/aromatic N) is 3. The van der Waals surface area contributed by atoms with Crippen LogP contribution in [0.25, 0.3) is 11.3 Å². The largest absolute Gasteiger partial charge is 0.497 e. The molecule has 0 saturated carbocycles. The molecule has 7 nitrogen and oxygen atoms in total. The van der Waals surface area contributed by atoms with Crippen LogP contribution >= 0.6 is 0 Å². The van der Waals surface area contributed by atoms with E-state index in [-0.39, 0.29) is 5.91 Å². The summed E-state index contributed by atoms with van der Waals surface area (Å²) in [6.45, 7) is 0.625. The summed E-state index contributed by atoms with van der Waals surface area (Å²) in [7, 11) is 1.63. The molecule has 0 saturated heterocycles. The third-order valence-corrected chi connectivity index (χ3v) is 4.53. The molecule has 30 heavy (non-hydrogen) atoms. The quantitative estimate of drug-likeness (QED) is 0.367. The maximum atomic E-state index is 12.1. The van der Waals surface area contributed by atoms with Crippen LogP contribution in [-0.2, 0) is 6.54 Å². The summed E-state index contributed by atoms with van der Waals surface area (Å²) in [5, 5.41) is 8.87. The van der Waals surface area contributed by atoms with Crippen molar-refractivity contribution in [3.63, 3.8) is 0 Å². The predicted molar refractivity (Wildman–Crippen MR) is 116 cm³/mol. The Bertz CT molecular complexity index is 1150. The zero-order chi connectivity index (χ0) is 20.8. The average Bonchev–Trinajstić information content (AvgIpc) is 3.45. The number of rotatable bonds is 7. The van der Waals surface area contributed by atoms with Gasteiger partial charge in [0.15, 0.2) is 0 Å². The molecule has 0 unspecified atom stereocenters. The number of carbonyl (C=O) groups is 1. The number of hydrogen-bond donors (Lipinski definition) is 2. The van der Waals surface area contributed by atoms with Crippen molar-refractivity contribution in [1.29, 1.82) is 0 Å². The Balaban J connectivity index is 1.62. The molecule has 0 bridgehead atoms. The number of aromatic amines is 1. The Morgan fingerprint density at radius 1 is 1.17 bits per heavy atom. The minimum absolute atomic E-state index is 0.309. The summed E-state index contributed by atoms with van der Waals surface area (Å²) in [5.74, 6) is 0.434. The van der Waals surface area contributed by atoms with Gasteiger partial charge in [0.05, 0.1) is 19.9 Å². The highest BCUT2D eigenvalue weighted by Gasteiger charge is 2.12. The van der Waals surface area contributed by atoms with Gasteiger partial charge in [-0.2, -0.15) is 10.2 Å². The number of amides is 1. The second-order valence-electron chi connectivity index (χ2n) is 6.63. The van der Waals surface area contributed by atoms with Crippen LogP contribution in [0.5, 0.6) is 5.75 Å². The van der Waals surface area contributed by atoms with Gasteiger partial charge in [-0.05, 0) is 29.8 Å². The standard InChI is InChI=1S/C23H21N5O2/c1-30-20-10-5-9-18(13-20)22-19(14-25-26-23(29)21-11-6-12-24-21)16-28(27-22)15-17-7-3-2-4-8-17/h2-14,16,24H,15H2,1H3,(H,26,29)/b25-14-. The van der Waals surface area contributed by atoms with Crippen LogP contribution in [0.3, 0.4) is 0 Å². The van der Waals surface area contributed by atoms with E-state index in [1.165, 1.54) is 0 Å². The van der Waals surface area contributed by atoms with Crippen molar-refractivity contribution < 1.29 is 9.53 Å². The first-order chi connectivity index (χ1) is 14.7. The molecule has 2 aromatic carbocycles. The number of benzene rings is 2. The number of carbonyl (C=O) groups excluding carboxylic acids is 1. The minimum atomic E-state index is -0.309. The molecule has 150 valence electrons. The van der Waals surface area contributed by atoms with E-state index in [2.05, 4.69) is 27.6 Å². The molecule has 0 fully saturated rings. The molecule has 4 aromatic rings. The first kappa shape index (κ1) is 19.2. The molecular weight excluding hydrogens is 378 g/mol. The average molecular weight is 399 g/mol. The lowest BCUT2D eigenvalue weighted by molar-refractivity contribution is 0.0951. The second-order valence-corrected chi connectivity index (χ2v) is 6.63. The number of hydrogen-bond acceptors (Lipinski definition) is 4. The van der Waals surface area contributed by atoms with E-state index < -0.39 is 0 Å². The molecular formula is C23H21N5O2. The Morgan fingerprint density at radius 2 is 2.03 bits per heavy atom. The summed E-state index contributed by atoms with van der Waals surface area (Å²) < 4.78 is 7.20. The fourth-order valence-corrected chi connectivity index (χ4v) is 3.07. The fraction of sp³-hybridized carbons (Fsp3) is 0.0870. The highest BCUT2D eigenvalue weighted by Crippen LogP contribution is 2.25. The summed E-state index contributed by atoms with van der Waals surface area (Å²) in [5.41, 5.74) is 6.55. The summed E-state index contributed by atoms with van der Waals surface area (Å²) in [6, 6.07) is 21.2. The number of aromatic nitrogens is 3. The highest BCUT2D eigenvalue weighted by molar-refractivity contribution is 5.94. The van der Waals surface area contributed by atoms with E-state index in [9.17, 15) is 4.79 Å². The molecule has 2 heterocycles. The Hall–Kier alpha value is -4.13. The Morgan fingerprint density at radius 3 is 2.80 bits per heavy atom. The lowest BCUT2D eigenvalue weighted by atomic mass is 10.1. The van der Waals surface area contributed by atoms with Crippen molar-refractivity contribution in [2.45, 2.75) is 6.54 Å². The van der Waals surface area contributed by atoms with Crippen LogP contribution in [0.15, 0.2) is 84.2 Å². The second kappa shape index (κ2) is 8.91. The van der Waals surface area contributed by atoms with E-state index in [1.54, 1.807) is 31.7 Å². The van der Waals surface area contributed by atoms with Crippen molar-refractivity contribution in [1.82, 2.24) is 20.2 Å². The van der Waals surface area contributed by atoms with Crippen molar-refractivity contribution in [2.75, 3.05) is 7.11 Å². The Kier molecular flexibility index (Phi) is 5.70. The van der Waals surface area contributed by atoms with Gasteiger partial charge in [-0.3, -0.25) is 9.48 Å². The van der Waals surface area contributed by atoms with Gasteiger partial charge >= 0.3 is 0 Å². The normalized spacial score (nSPS) is 11.0. The molecule has 0 aliphatic carbocycles. The van der Waals surface area contributed by atoms with E-state index in [0.29, 0.717) is 12.2 Å². The summed E-state index contributed by atoms with van der Waals surface area (Å²) >= 11 is 0. The lowest BCUT2D eigenvalue weighted by Crippen LogP contribution is -2.17. The van der Waals surface area contributed by atoms with E-state index >= 15 is 0 Å². The van der Waals surface area contributed by atoms with Gasteiger partial charge in [-0.15, -0.1) is 0 Å². The maximum Gasteiger partial charge on any atom is 0.287 e. The molecule has 0 spiro atoms. The van der Waals surface area contributed by atoms with E-state index in [4.69, 9.17) is 9.84 Å². The third-order valence-electron chi connectivity index (χ3n) is 4.53. The molecule has 7 heteroatoms. The Labute approximate surface area is 174 Å². The van der Waals surface area contributed by atoms with E-state index in [0.717, 1.165) is 28.1 Å². The molecule has 2 N–H and O–H groups in total. The molecule has 0 aliphatic rings. The SMILES string of the molecule is COc1cccc(-c2nn(Cc3ccccc3)cc2/C=N\NC(=O)c2ccc[nH]2)c1. The van der Waals surface area contributed by atoms with Crippen molar-refractivity contribution in [3.8, 4) is 17.0 Å². The highest BCUT2D eigenvalue weighted by atomic mass is 16.5. The first-order valence-corrected chi connectivity index (χ1v) is 9.45. The van der Waals surface area contributed by atoms with Crippen LogP contribution in [-0.4, -0.2) is 34.0 Å². The zero-order valence-corrected chi connectivity index (χ0v) is 16.4. The molecule has 1 amide bonds.